The lowest BCUT2D eigenvalue weighted by Crippen LogP contribution is -2.39. The van der Waals surface area contributed by atoms with E-state index in [2.05, 4.69) is 20.7 Å². The Morgan fingerprint density at radius 2 is 2.06 bits per heavy atom. The maximum atomic E-state index is 13.6. The van der Waals surface area contributed by atoms with Crippen LogP contribution in [0.25, 0.3) is 0 Å². The van der Waals surface area contributed by atoms with E-state index in [1.54, 1.807) is 0 Å². The fourth-order valence-corrected chi connectivity index (χ4v) is 3.27. The summed E-state index contributed by atoms with van der Waals surface area (Å²) < 4.78 is 40.2. The minimum absolute atomic E-state index is 0.0794. The van der Waals surface area contributed by atoms with Crippen LogP contribution in [-0.4, -0.2) is 14.5 Å². The number of hydrogen-bond acceptors (Lipinski definition) is 3. The van der Waals surface area contributed by atoms with Crippen LogP contribution in [0, 0.1) is 5.82 Å². The van der Waals surface area contributed by atoms with Gasteiger partial charge in [-0.1, -0.05) is 6.42 Å². The molecule has 0 amide bonds. The second kappa shape index (κ2) is 4.55. The molecule has 7 heteroatoms. The van der Waals surface area contributed by atoms with Crippen LogP contribution in [0.3, 0.4) is 0 Å². The number of halogens is 2. The highest BCUT2D eigenvalue weighted by molar-refractivity contribution is 9.10. The first kappa shape index (κ1) is 12.8. The minimum Gasteiger partial charge on any atom is -0.398 e. The van der Waals surface area contributed by atoms with E-state index in [0.29, 0.717) is 4.47 Å². The number of benzene rings is 1. The number of anilines is 1. The molecule has 1 aliphatic rings. The quantitative estimate of drug-likeness (QED) is 0.836. The Kier molecular flexibility index (Phi) is 3.42. The van der Waals surface area contributed by atoms with Gasteiger partial charge >= 0.3 is 0 Å². The highest BCUT2D eigenvalue weighted by atomic mass is 79.9. The lowest BCUT2D eigenvalue weighted by Gasteiger charge is -2.26. The number of nitrogens with one attached hydrogen (secondary N) is 1. The summed E-state index contributed by atoms with van der Waals surface area (Å²) in [6.45, 7) is 0. The Bertz CT molecular complexity index is 543. The Morgan fingerprint density at radius 1 is 1.41 bits per heavy atom. The summed E-state index contributed by atoms with van der Waals surface area (Å²) in [6, 6.07) is 2.11. The summed E-state index contributed by atoms with van der Waals surface area (Å²) in [5.74, 6) is -0.808. The molecule has 0 aromatic heterocycles. The van der Waals surface area contributed by atoms with E-state index in [4.69, 9.17) is 5.73 Å². The highest BCUT2D eigenvalue weighted by Crippen LogP contribution is 2.27. The summed E-state index contributed by atoms with van der Waals surface area (Å²) >= 11 is 3.04. The third kappa shape index (κ3) is 2.61. The van der Waals surface area contributed by atoms with E-state index in [-0.39, 0.29) is 11.7 Å². The average Bonchev–Trinajstić information content (AvgIpc) is 2.17. The fraction of sp³-hybridized carbons (Fsp3) is 0.400. The average molecular weight is 323 g/mol. The van der Waals surface area contributed by atoms with Crippen molar-refractivity contribution in [2.24, 2.45) is 0 Å². The van der Waals surface area contributed by atoms with Crippen molar-refractivity contribution in [1.29, 1.82) is 0 Å². The van der Waals surface area contributed by atoms with Crippen molar-refractivity contribution in [3.8, 4) is 0 Å². The zero-order valence-corrected chi connectivity index (χ0v) is 11.3. The zero-order chi connectivity index (χ0) is 12.6. The van der Waals surface area contributed by atoms with Crippen LogP contribution in [0.5, 0.6) is 0 Å². The molecule has 1 aliphatic carbocycles. The van der Waals surface area contributed by atoms with Gasteiger partial charge in [-0.15, -0.1) is 0 Å². The van der Waals surface area contributed by atoms with Crippen molar-refractivity contribution in [2.45, 2.75) is 30.2 Å². The molecule has 1 aromatic rings. The van der Waals surface area contributed by atoms with Crippen LogP contribution in [0.2, 0.25) is 0 Å². The number of nitrogens with two attached hydrogens (primary N) is 1. The van der Waals surface area contributed by atoms with Gasteiger partial charge in [0.2, 0.25) is 10.0 Å². The van der Waals surface area contributed by atoms with E-state index >= 15 is 0 Å². The first-order chi connectivity index (χ1) is 7.90. The topological polar surface area (TPSA) is 72.2 Å². The molecule has 0 saturated heterocycles. The van der Waals surface area contributed by atoms with Crippen molar-refractivity contribution < 1.29 is 12.8 Å². The largest absolute Gasteiger partial charge is 0.398 e. The number of hydrogen-bond donors (Lipinski definition) is 2. The standard InChI is InChI=1S/C10H12BrFN2O2S/c11-7-4-8(12)10(5-9(7)13)17(15,16)14-6-2-1-3-6/h4-6,14H,1-3,13H2. The molecule has 94 valence electrons. The molecule has 0 atom stereocenters. The van der Waals surface area contributed by atoms with Crippen molar-refractivity contribution in [3.05, 3.63) is 22.4 Å². The van der Waals surface area contributed by atoms with E-state index in [9.17, 15) is 12.8 Å². The lowest BCUT2D eigenvalue weighted by molar-refractivity contribution is 0.383. The van der Waals surface area contributed by atoms with Gasteiger partial charge in [0.05, 0.1) is 0 Å². The first-order valence-corrected chi connectivity index (χ1v) is 7.44. The Morgan fingerprint density at radius 3 is 2.59 bits per heavy atom. The summed E-state index contributed by atoms with van der Waals surface area (Å²) in [4.78, 5) is -0.398. The van der Waals surface area contributed by atoms with Gasteiger partial charge < -0.3 is 5.73 Å². The number of nitrogen functional groups attached to an aromatic ring is 1. The third-order valence-electron chi connectivity index (χ3n) is 2.77. The molecule has 2 rings (SSSR count). The van der Waals surface area contributed by atoms with E-state index in [1.165, 1.54) is 0 Å². The second-order valence-electron chi connectivity index (χ2n) is 4.05. The fourth-order valence-electron chi connectivity index (χ4n) is 1.56. The van der Waals surface area contributed by atoms with Gasteiger partial charge in [-0.2, -0.15) is 0 Å². The first-order valence-electron chi connectivity index (χ1n) is 5.17. The molecular weight excluding hydrogens is 311 g/mol. The lowest BCUT2D eigenvalue weighted by atomic mass is 9.94. The van der Waals surface area contributed by atoms with Crippen molar-refractivity contribution in [1.82, 2.24) is 4.72 Å². The zero-order valence-electron chi connectivity index (χ0n) is 8.91. The monoisotopic (exact) mass is 322 g/mol. The third-order valence-corrected chi connectivity index (χ3v) is 4.99. The maximum absolute atomic E-state index is 13.6. The Labute approximate surface area is 108 Å². The van der Waals surface area contributed by atoms with Gasteiger partial charge in [-0.3, -0.25) is 0 Å². The Balaban J connectivity index is 2.35. The minimum atomic E-state index is -3.82. The molecule has 1 fully saturated rings. The summed E-state index contributed by atoms with van der Waals surface area (Å²) in [5.41, 5.74) is 5.75. The molecule has 17 heavy (non-hydrogen) atoms. The van der Waals surface area contributed by atoms with Crippen LogP contribution >= 0.6 is 15.9 Å². The normalized spacial score (nSPS) is 16.8. The van der Waals surface area contributed by atoms with E-state index in [0.717, 1.165) is 31.4 Å². The molecule has 0 heterocycles. The summed E-state index contributed by atoms with van der Waals surface area (Å²) in [7, 11) is -3.82. The molecule has 0 bridgehead atoms. The van der Waals surface area contributed by atoms with Crippen molar-refractivity contribution in [3.63, 3.8) is 0 Å². The van der Waals surface area contributed by atoms with Gasteiger partial charge in [0.15, 0.2) is 0 Å². The van der Waals surface area contributed by atoms with Gasteiger partial charge in [0.25, 0.3) is 0 Å². The second-order valence-corrected chi connectivity index (χ2v) is 6.59. The molecule has 1 aromatic carbocycles. The Hall–Kier alpha value is -0.660. The van der Waals surface area contributed by atoms with Crippen LogP contribution in [0.4, 0.5) is 10.1 Å². The van der Waals surface area contributed by atoms with E-state index in [1.807, 2.05) is 0 Å². The predicted octanol–water partition coefficient (Wildman–Crippen LogP) is 2.00. The van der Waals surface area contributed by atoms with E-state index < -0.39 is 20.7 Å². The van der Waals surface area contributed by atoms with Gasteiger partial charge in [0.1, 0.15) is 10.7 Å². The maximum Gasteiger partial charge on any atom is 0.243 e. The molecule has 0 radical (unpaired) electrons. The van der Waals surface area contributed by atoms with Crippen LogP contribution in [0.1, 0.15) is 19.3 Å². The molecule has 3 N–H and O–H groups in total. The number of rotatable bonds is 3. The molecule has 1 saturated carbocycles. The van der Waals surface area contributed by atoms with Gasteiger partial charge in [-0.25, -0.2) is 17.5 Å². The summed E-state index contributed by atoms with van der Waals surface area (Å²) in [5, 5.41) is 0. The molecule has 0 spiro atoms. The molecule has 4 nitrogen and oxygen atoms in total. The summed E-state index contributed by atoms with van der Waals surface area (Å²) in [6.07, 6.45) is 2.60. The van der Waals surface area contributed by atoms with Gasteiger partial charge in [0, 0.05) is 16.2 Å². The predicted molar refractivity (Wildman–Crippen MR) is 66.5 cm³/mol. The van der Waals surface area contributed by atoms with Crippen molar-refractivity contribution >= 4 is 31.6 Å². The van der Waals surface area contributed by atoms with Crippen LogP contribution < -0.4 is 10.5 Å². The molecule has 0 unspecified atom stereocenters. The molecule has 0 aliphatic heterocycles. The SMILES string of the molecule is Nc1cc(S(=O)(=O)NC2CCC2)c(F)cc1Br. The smallest absolute Gasteiger partial charge is 0.243 e. The van der Waals surface area contributed by atoms with Crippen LogP contribution in [-0.2, 0) is 10.0 Å². The van der Waals surface area contributed by atoms with Gasteiger partial charge in [-0.05, 0) is 40.9 Å². The highest BCUT2D eigenvalue weighted by Gasteiger charge is 2.27. The molecular formula is C10H12BrFN2O2S. The number of sulfonamides is 1. The van der Waals surface area contributed by atoms with Crippen molar-refractivity contribution in [2.75, 3.05) is 5.73 Å². The van der Waals surface area contributed by atoms with Crippen LogP contribution in [0.15, 0.2) is 21.5 Å².